The monoisotopic (exact) mass is 259 g/mol. The van der Waals surface area contributed by atoms with E-state index in [1.54, 1.807) is 0 Å². The van der Waals surface area contributed by atoms with Crippen molar-refractivity contribution in [3.05, 3.63) is 11.6 Å². The molecule has 1 aromatic heterocycles. The normalized spacial score (nSPS) is 12.6. The average Bonchev–Trinajstić information content (AvgIpc) is 2.65. The largest absolute Gasteiger partial charge is 0.461 e. The minimum atomic E-state index is -5.82. The lowest BCUT2D eigenvalue weighted by atomic mass is 10.3. The highest BCUT2D eigenvalue weighted by Gasteiger charge is 2.61. The summed E-state index contributed by atoms with van der Waals surface area (Å²) < 4.78 is 65.5. The third-order valence-electron chi connectivity index (χ3n) is 1.60. The molecule has 0 bridgehead atoms. The molecule has 0 aliphatic rings. The molecule has 0 aliphatic heterocycles. The number of nitrogens with zero attached hydrogens (tertiary/aromatic N) is 2. The van der Waals surface area contributed by atoms with Crippen LogP contribution >= 0.6 is 0 Å². The molecule has 0 spiro atoms. The van der Waals surface area contributed by atoms with Crippen LogP contribution in [-0.2, 0) is 10.7 Å². The van der Waals surface area contributed by atoms with Gasteiger partial charge < -0.3 is 4.74 Å². The number of esters is 1. The van der Waals surface area contributed by atoms with Crippen LogP contribution in [0.25, 0.3) is 0 Å². The number of H-pyrrole nitrogens is 1. The lowest BCUT2D eigenvalue weighted by molar-refractivity contribution is -0.292. The molecule has 0 saturated carbocycles. The van der Waals surface area contributed by atoms with Gasteiger partial charge in [0.25, 0.3) is 5.82 Å². The standard InChI is InChI=1S/C7H6F5N3O2/c1-2-17-4(16)3-13-5(15-14-3)6(8,9)7(10,11)12/h2H2,1H3,(H,13,14,15). The summed E-state index contributed by atoms with van der Waals surface area (Å²) in [5.74, 6) is -9.03. The van der Waals surface area contributed by atoms with E-state index in [0.29, 0.717) is 0 Å². The van der Waals surface area contributed by atoms with E-state index < -0.39 is 29.7 Å². The number of aromatic nitrogens is 3. The van der Waals surface area contributed by atoms with Gasteiger partial charge in [0.05, 0.1) is 6.61 Å². The van der Waals surface area contributed by atoms with E-state index in [1.165, 1.54) is 12.0 Å². The maximum Gasteiger partial charge on any atom is 0.461 e. The van der Waals surface area contributed by atoms with Crippen LogP contribution in [-0.4, -0.2) is 33.9 Å². The number of nitrogens with one attached hydrogen (secondary N) is 1. The quantitative estimate of drug-likeness (QED) is 0.661. The summed E-state index contributed by atoms with van der Waals surface area (Å²) in [5, 5.41) is 4.28. The number of hydrogen-bond donors (Lipinski definition) is 1. The number of hydrogen-bond acceptors (Lipinski definition) is 4. The van der Waals surface area contributed by atoms with Gasteiger partial charge >= 0.3 is 18.1 Å². The first-order chi connectivity index (χ1) is 7.70. The molecule has 96 valence electrons. The Labute approximate surface area is 91.0 Å². The van der Waals surface area contributed by atoms with Crippen molar-refractivity contribution in [2.45, 2.75) is 19.0 Å². The van der Waals surface area contributed by atoms with Crippen molar-refractivity contribution < 1.29 is 31.5 Å². The molecule has 0 radical (unpaired) electrons. The summed E-state index contributed by atoms with van der Waals surface area (Å²) in [5.41, 5.74) is 0. The Morgan fingerprint density at radius 2 is 1.94 bits per heavy atom. The Morgan fingerprint density at radius 3 is 2.41 bits per heavy atom. The van der Waals surface area contributed by atoms with Gasteiger partial charge in [-0.3, -0.25) is 5.10 Å². The number of carbonyl (C=O) groups excluding carboxylic acids is 1. The summed E-state index contributed by atoms with van der Waals surface area (Å²) in [6, 6.07) is 0. The third-order valence-corrected chi connectivity index (χ3v) is 1.60. The molecule has 0 amide bonds. The zero-order valence-electron chi connectivity index (χ0n) is 8.31. The fourth-order valence-electron chi connectivity index (χ4n) is 0.823. The van der Waals surface area contributed by atoms with Gasteiger partial charge in [-0.15, -0.1) is 5.10 Å². The van der Waals surface area contributed by atoms with Gasteiger partial charge in [-0.2, -0.15) is 26.9 Å². The van der Waals surface area contributed by atoms with Gasteiger partial charge in [0, 0.05) is 0 Å². The Morgan fingerprint density at radius 1 is 1.35 bits per heavy atom. The number of halogens is 5. The predicted octanol–water partition coefficient (Wildman–Crippen LogP) is 1.64. The molecular formula is C7H6F5N3O2. The van der Waals surface area contributed by atoms with Gasteiger partial charge in [0.2, 0.25) is 5.82 Å². The number of aromatic amines is 1. The highest BCUT2D eigenvalue weighted by atomic mass is 19.4. The molecule has 0 aromatic carbocycles. The summed E-state index contributed by atoms with van der Waals surface area (Å²) in [6.07, 6.45) is -5.82. The topological polar surface area (TPSA) is 67.9 Å². The first-order valence-electron chi connectivity index (χ1n) is 4.24. The van der Waals surface area contributed by atoms with E-state index in [9.17, 15) is 26.7 Å². The van der Waals surface area contributed by atoms with Crippen LogP contribution in [0.15, 0.2) is 0 Å². The number of rotatable bonds is 3. The van der Waals surface area contributed by atoms with Gasteiger partial charge in [-0.25, -0.2) is 4.79 Å². The average molecular weight is 259 g/mol. The smallest absolute Gasteiger partial charge is 0.460 e. The first kappa shape index (κ1) is 13.3. The van der Waals surface area contributed by atoms with Crippen LogP contribution in [0.1, 0.15) is 23.4 Å². The SMILES string of the molecule is CCOC(=O)c1n[nH]c(C(F)(F)C(F)(F)F)n1. The Bertz CT molecular complexity index is 414. The molecule has 1 rings (SSSR count). The molecule has 0 unspecified atom stereocenters. The highest BCUT2D eigenvalue weighted by Crippen LogP contribution is 2.42. The van der Waals surface area contributed by atoms with Gasteiger partial charge in [-0.1, -0.05) is 0 Å². The fraction of sp³-hybridized carbons (Fsp3) is 0.571. The maximum atomic E-state index is 12.7. The summed E-state index contributed by atoms with van der Waals surface area (Å²) >= 11 is 0. The van der Waals surface area contributed by atoms with Gasteiger partial charge in [0.1, 0.15) is 0 Å². The van der Waals surface area contributed by atoms with Crippen LogP contribution in [0.3, 0.4) is 0 Å². The summed E-state index contributed by atoms with van der Waals surface area (Å²) in [7, 11) is 0. The minimum Gasteiger partial charge on any atom is -0.460 e. The molecule has 0 saturated heterocycles. The summed E-state index contributed by atoms with van der Waals surface area (Å²) in [4.78, 5) is 13.7. The molecule has 1 heterocycles. The number of carbonyl (C=O) groups is 1. The van der Waals surface area contributed by atoms with Crippen molar-refractivity contribution in [3.8, 4) is 0 Å². The molecule has 0 atom stereocenters. The van der Waals surface area contributed by atoms with E-state index >= 15 is 0 Å². The van der Waals surface area contributed by atoms with Gasteiger partial charge in [-0.05, 0) is 6.92 Å². The number of alkyl halides is 5. The summed E-state index contributed by atoms with van der Waals surface area (Å²) in [6.45, 7) is 1.34. The van der Waals surface area contributed by atoms with Crippen molar-refractivity contribution >= 4 is 5.97 Å². The van der Waals surface area contributed by atoms with Crippen molar-refractivity contribution in [1.29, 1.82) is 0 Å². The van der Waals surface area contributed by atoms with Crippen molar-refractivity contribution in [3.63, 3.8) is 0 Å². The van der Waals surface area contributed by atoms with Gasteiger partial charge in [0.15, 0.2) is 0 Å². The van der Waals surface area contributed by atoms with E-state index in [4.69, 9.17) is 0 Å². The Hall–Kier alpha value is -1.74. The maximum absolute atomic E-state index is 12.7. The zero-order valence-corrected chi connectivity index (χ0v) is 8.31. The molecule has 17 heavy (non-hydrogen) atoms. The lowest BCUT2D eigenvalue weighted by Crippen LogP contribution is -2.34. The Balaban J connectivity index is 2.99. The zero-order chi connectivity index (χ0) is 13.3. The molecule has 5 nitrogen and oxygen atoms in total. The van der Waals surface area contributed by atoms with Crippen LogP contribution in [0.2, 0.25) is 0 Å². The lowest BCUT2D eigenvalue weighted by Gasteiger charge is -2.15. The Kier molecular flexibility index (Phi) is 3.34. The van der Waals surface area contributed by atoms with Crippen LogP contribution in [0.4, 0.5) is 22.0 Å². The molecule has 1 aromatic rings. The van der Waals surface area contributed by atoms with E-state index in [1.807, 2.05) is 0 Å². The molecular weight excluding hydrogens is 253 g/mol. The molecule has 1 N–H and O–H groups in total. The fourth-order valence-corrected chi connectivity index (χ4v) is 0.823. The predicted molar refractivity (Wildman–Crippen MR) is 42.3 cm³/mol. The van der Waals surface area contributed by atoms with Crippen molar-refractivity contribution in [2.24, 2.45) is 0 Å². The van der Waals surface area contributed by atoms with Crippen molar-refractivity contribution in [2.75, 3.05) is 6.61 Å². The second-order valence-electron chi connectivity index (χ2n) is 2.80. The van der Waals surface area contributed by atoms with Crippen LogP contribution in [0, 0.1) is 0 Å². The second kappa shape index (κ2) is 4.26. The molecule has 10 heteroatoms. The highest BCUT2D eigenvalue weighted by molar-refractivity contribution is 5.84. The third kappa shape index (κ3) is 2.50. The second-order valence-corrected chi connectivity index (χ2v) is 2.80. The molecule has 0 aliphatic carbocycles. The van der Waals surface area contributed by atoms with Crippen molar-refractivity contribution in [1.82, 2.24) is 15.2 Å². The van der Waals surface area contributed by atoms with Crippen LogP contribution in [0.5, 0.6) is 0 Å². The van der Waals surface area contributed by atoms with E-state index in [2.05, 4.69) is 14.8 Å². The number of ether oxygens (including phenoxy) is 1. The van der Waals surface area contributed by atoms with E-state index in [0.717, 1.165) is 0 Å². The van der Waals surface area contributed by atoms with E-state index in [-0.39, 0.29) is 6.61 Å². The first-order valence-corrected chi connectivity index (χ1v) is 4.24. The minimum absolute atomic E-state index is 0.0850. The molecule has 0 fully saturated rings. The van der Waals surface area contributed by atoms with Crippen LogP contribution < -0.4 is 0 Å².